The smallest absolute Gasteiger partial charge is 0.285 e. The molecule has 0 atom stereocenters. The first-order chi connectivity index (χ1) is 12.6. The molecule has 1 heterocycles. The molecule has 2 N–H and O–H groups in total. The van der Waals surface area contributed by atoms with Crippen molar-refractivity contribution >= 4 is 22.2 Å². The van der Waals surface area contributed by atoms with E-state index in [-0.39, 0.29) is 16.6 Å². The third kappa shape index (κ3) is 4.40. The second kappa shape index (κ2) is 8.01. The second-order valence-corrected chi connectivity index (χ2v) is 7.43. The highest BCUT2D eigenvalue weighted by Gasteiger charge is 2.20. The molecule has 0 aromatic heterocycles. The van der Waals surface area contributed by atoms with Crippen LogP contribution in [0.4, 0.5) is 0 Å². The molecule has 0 aliphatic carbocycles. The number of para-hydroxylation sites is 1. The van der Waals surface area contributed by atoms with Gasteiger partial charge in [0.2, 0.25) is 5.96 Å². The van der Waals surface area contributed by atoms with Crippen molar-refractivity contribution in [2.45, 2.75) is 17.7 Å². The average molecular weight is 372 g/mol. The maximum absolute atomic E-state index is 12.5. The van der Waals surface area contributed by atoms with Crippen molar-refractivity contribution < 1.29 is 13.5 Å². The van der Waals surface area contributed by atoms with Crippen LogP contribution in [0.25, 0.3) is 0 Å². The Kier molecular flexibility index (Phi) is 5.52. The maximum atomic E-state index is 12.5. The number of nitrogens with zero attached hydrogens (tertiary/aromatic N) is 3. The Morgan fingerprint density at radius 1 is 1.04 bits per heavy atom. The van der Waals surface area contributed by atoms with Gasteiger partial charge in [0.05, 0.1) is 11.1 Å². The number of sulfonamides is 1. The first-order valence-corrected chi connectivity index (χ1v) is 9.72. The summed E-state index contributed by atoms with van der Waals surface area (Å²) in [6.07, 6.45) is 3.36. The molecule has 26 heavy (non-hydrogen) atoms. The molecule has 1 fully saturated rings. The molecule has 0 amide bonds. The SMILES string of the molecule is O=S(=O)(N=C(N/N=C\c1ccccc1O)N1CCCC1)c1ccccc1. The normalized spacial score (nSPS) is 15.5. The van der Waals surface area contributed by atoms with Crippen molar-refractivity contribution in [1.82, 2.24) is 10.3 Å². The Labute approximate surface area is 152 Å². The fourth-order valence-electron chi connectivity index (χ4n) is 2.59. The zero-order valence-corrected chi connectivity index (χ0v) is 14.9. The van der Waals surface area contributed by atoms with Gasteiger partial charge >= 0.3 is 0 Å². The molecule has 7 nitrogen and oxygen atoms in total. The van der Waals surface area contributed by atoms with E-state index < -0.39 is 10.0 Å². The van der Waals surface area contributed by atoms with Crippen LogP contribution < -0.4 is 5.43 Å². The first kappa shape index (κ1) is 17.9. The van der Waals surface area contributed by atoms with Crippen molar-refractivity contribution in [3.8, 4) is 5.75 Å². The minimum Gasteiger partial charge on any atom is -0.507 e. The van der Waals surface area contributed by atoms with Gasteiger partial charge in [-0.25, -0.2) is 5.43 Å². The summed E-state index contributed by atoms with van der Waals surface area (Å²) < 4.78 is 29.0. The van der Waals surface area contributed by atoms with Crippen LogP contribution >= 0.6 is 0 Å². The molecular formula is C18H20N4O3S. The summed E-state index contributed by atoms with van der Waals surface area (Å²) >= 11 is 0. The second-order valence-electron chi connectivity index (χ2n) is 5.83. The highest BCUT2D eigenvalue weighted by atomic mass is 32.2. The quantitative estimate of drug-likeness (QED) is 0.487. The van der Waals surface area contributed by atoms with Crippen molar-refractivity contribution in [1.29, 1.82) is 0 Å². The van der Waals surface area contributed by atoms with Crippen molar-refractivity contribution in [3.05, 3.63) is 60.2 Å². The molecule has 2 aromatic rings. The number of aromatic hydroxyl groups is 1. The largest absolute Gasteiger partial charge is 0.507 e. The lowest BCUT2D eigenvalue weighted by Crippen LogP contribution is -2.37. The summed E-state index contributed by atoms with van der Waals surface area (Å²) in [7, 11) is -3.84. The van der Waals surface area contributed by atoms with Gasteiger partial charge in [-0.05, 0) is 37.1 Å². The number of likely N-dealkylation sites (tertiary alicyclic amines) is 1. The molecule has 1 aliphatic heterocycles. The number of hydrogen-bond donors (Lipinski definition) is 2. The highest BCUT2D eigenvalue weighted by Crippen LogP contribution is 2.15. The van der Waals surface area contributed by atoms with Crippen LogP contribution in [0.15, 0.2) is 69.0 Å². The monoisotopic (exact) mass is 372 g/mol. The van der Waals surface area contributed by atoms with E-state index in [0.29, 0.717) is 18.7 Å². The fraction of sp³-hybridized carbons (Fsp3) is 0.222. The van der Waals surface area contributed by atoms with Gasteiger partial charge in [-0.1, -0.05) is 30.3 Å². The molecule has 1 aliphatic rings. The van der Waals surface area contributed by atoms with Gasteiger partial charge in [0, 0.05) is 18.7 Å². The molecule has 1 saturated heterocycles. The molecule has 2 aromatic carbocycles. The van der Waals surface area contributed by atoms with Crippen LogP contribution in [0.5, 0.6) is 5.75 Å². The van der Waals surface area contributed by atoms with Crippen LogP contribution in [0.2, 0.25) is 0 Å². The van der Waals surface area contributed by atoms with Crippen LogP contribution in [0.1, 0.15) is 18.4 Å². The van der Waals surface area contributed by atoms with Gasteiger partial charge in [-0.3, -0.25) is 0 Å². The molecular weight excluding hydrogens is 352 g/mol. The number of hydrazone groups is 1. The minimum atomic E-state index is -3.84. The Morgan fingerprint density at radius 2 is 1.69 bits per heavy atom. The fourth-order valence-corrected chi connectivity index (χ4v) is 3.58. The Bertz CT molecular complexity index is 905. The van der Waals surface area contributed by atoms with E-state index in [1.54, 1.807) is 42.5 Å². The average Bonchev–Trinajstić information content (AvgIpc) is 3.18. The Balaban J connectivity index is 1.85. The lowest BCUT2D eigenvalue weighted by Gasteiger charge is -2.18. The van der Waals surface area contributed by atoms with Crippen LogP contribution in [-0.2, 0) is 10.0 Å². The predicted octanol–water partition coefficient (Wildman–Crippen LogP) is 2.16. The molecule has 8 heteroatoms. The van der Waals surface area contributed by atoms with Gasteiger partial charge < -0.3 is 10.0 Å². The number of hydrogen-bond acceptors (Lipinski definition) is 4. The van der Waals surface area contributed by atoms with E-state index in [4.69, 9.17) is 0 Å². The molecule has 3 rings (SSSR count). The highest BCUT2D eigenvalue weighted by molar-refractivity contribution is 7.90. The molecule has 0 spiro atoms. The molecule has 0 saturated carbocycles. The summed E-state index contributed by atoms with van der Waals surface area (Å²) in [6, 6.07) is 14.8. The van der Waals surface area contributed by atoms with Crippen molar-refractivity contribution in [2.75, 3.05) is 13.1 Å². The number of guanidine groups is 1. The van der Waals surface area contributed by atoms with Crippen LogP contribution in [0.3, 0.4) is 0 Å². The van der Waals surface area contributed by atoms with Gasteiger partial charge in [0.1, 0.15) is 5.75 Å². The number of benzene rings is 2. The van der Waals surface area contributed by atoms with E-state index in [1.807, 2.05) is 4.90 Å². The summed E-state index contributed by atoms with van der Waals surface area (Å²) in [5, 5.41) is 13.8. The van der Waals surface area contributed by atoms with Crippen molar-refractivity contribution in [3.63, 3.8) is 0 Å². The van der Waals surface area contributed by atoms with Gasteiger partial charge in [0.25, 0.3) is 10.0 Å². The summed E-state index contributed by atoms with van der Waals surface area (Å²) in [4.78, 5) is 1.98. The van der Waals surface area contributed by atoms with E-state index >= 15 is 0 Å². The van der Waals surface area contributed by atoms with Crippen molar-refractivity contribution in [2.24, 2.45) is 9.50 Å². The molecule has 0 radical (unpaired) electrons. The van der Waals surface area contributed by atoms with Crippen LogP contribution in [-0.4, -0.2) is 43.7 Å². The molecule has 136 valence electrons. The molecule has 0 bridgehead atoms. The van der Waals surface area contributed by atoms with E-state index in [9.17, 15) is 13.5 Å². The number of phenols is 1. The zero-order chi connectivity index (χ0) is 18.4. The predicted molar refractivity (Wildman–Crippen MR) is 101 cm³/mol. The standard InChI is InChI=1S/C18H20N4O3S/c23-17-11-5-4-8-15(17)14-19-20-18(22-12-6-7-13-22)21-26(24,25)16-9-2-1-3-10-16/h1-5,8-11,14,23H,6-7,12-13H2,(H,20,21)/b19-14-. The maximum Gasteiger partial charge on any atom is 0.285 e. The lowest BCUT2D eigenvalue weighted by molar-refractivity contribution is 0.474. The molecule has 0 unspecified atom stereocenters. The van der Waals surface area contributed by atoms with E-state index in [0.717, 1.165) is 12.8 Å². The third-order valence-electron chi connectivity index (χ3n) is 3.96. The van der Waals surface area contributed by atoms with E-state index in [1.165, 1.54) is 18.3 Å². The van der Waals surface area contributed by atoms with Crippen LogP contribution in [0, 0.1) is 0 Å². The first-order valence-electron chi connectivity index (χ1n) is 8.28. The Hall–Kier alpha value is -2.87. The van der Waals surface area contributed by atoms with Gasteiger partial charge in [-0.2, -0.15) is 13.5 Å². The van der Waals surface area contributed by atoms with Gasteiger partial charge in [-0.15, -0.1) is 4.40 Å². The minimum absolute atomic E-state index is 0.0922. The van der Waals surface area contributed by atoms with E-state index in [2.05, 4.69) is 14.9 Å². The van der Waals surface area contributed by atoms with Gasteiger partial charge in [0.15, 0.2) is 0 Å². The number of nitrogens with one attached hydrogen (secondary N) is 1. The lowest BCUT2D eigenvalue weighted by atomic mass is 10.2. The Morgan fingerprint density at radius 3 is 2.38 bits per heavy atom. The summed E-state index contributed by atoms with van der Waals surface area (Å²) in [5.74, 6) is 0.271. The number of phenolic OH excluding ortho intramolecular Hbond substituents is 1. The third-order valence-corrected chi connectivity index (χ3v) is 5.24. The zero-order valence-electron chi connectivity index (χ0n) is 14.1. The topological polar surface area (TPSA) is 94.4 Å². The summed E-state index contributed by atoms with van der Waals surface area (Å²) in [6.45, 7) is 1.42. The summed E-state index contributed by atoms with van der Waals surface area (Å²) in [5.41, 5.74) is 3.24. The number of rotatable bonds is 4.